The summed E-state index contributed by atoms with van der Waals surface area (Å²) in [5, 5.41) is 10.7. The molecule has 110 valence electrons. The van der Waals surface area contributed by atoms with Crippen molar-refractivity contribution in [2.75, 3.05) is 20.2 Å². The van der Waals surface area contributed by atoms with Crippen LogP contribution in [-0.4, -0.2) is 47.7 Å². The van der Waals surface area contributed by atoms with Gasteiger partial charge in [-0.15, -0.1) is 0 Å². The highest BCUT2D eigenvalue weighted by molar-refractivity contribution is 5.75. The molecule has 0 aliphatic carbocycles. The van der Waals surface area contributed by atoms with Crippen LogP contribution in [0, 0.1) is 5.92 Å². The van der Waals surface area contributed by atoms with Gasteiger partial charge >= 0.3 is 5.97 Å². The third-order valence-corrected chi connectivity index (χ3v) is 4.06. The summed E-state index contributed by atoms with van der Waals surface area (Å²) in [7, 11) is 1.36. The molecule has 0 aromatic rings. The maximum absolute atomic E-state index is 11.9. The maximum Gasteiger partial charge on any atom is 0.311 e. The van der Waals surface area contributed by atoms with E-state index in [1.165, 1.54) is 14.0 Å². The number of likely N-dealkylation sites (tertiary alicyclic amines) is 1. The molecule has 0 aromatic heterocycles. The first-order valence-electron chi connectivity index (χ1n) is 7.00. The first-order chi connectivity index (χ1) is 8.94. The molecule has 1 amide bonds. The van der Waals surface area contributed by atoms with Crippen LogP contribution < -0.4 is 0 Å². The number of ether oxygens (including phenoxy) is 1. The first kappa shape index (κ1) is 16.0. The van der Waals surface area contributed by atoms with Gasteiger partial charge in [-0.3, -0.25) is 9.59 Å². The molecule has 1 fully saturated rings. The SMILES string of the molecule is CCCCC(C(=O)OC)C1(O)CCN(C(C)=O)CC1. The van der Waals surface area contributed by atoms with Gasteiger partial charge in [0, 0.05) is 20.0 Å². The number of carbonyl (C=O) groups excluding carboxylic acids is 2. The quantitative estimate of drug-likeness (QED) is 0.766. The van der Waals surface area contributed by atoms with Crippen molar-refractivity contribution in [3.05, 3.63) is 0 Å². The Morgan fingerprint density at radius 2 is 1.95 bits per heavy atom. The van der Waals surface area contributed by atoms with Crippen molar-refractivity contribution in [1.29, 1.82) is 0 Å². The molecule has 0 bridgehead atoms. The Hall–Kier alpha value is -1.10. The van der Waals surface area contributed by atoms with Gasteiger partial charge in [-0.25, -0.2) is 0 Å². The van der Waals surface area contributed by atoms with Crippen molar-refractivity contribution in [2.24, 2.45) is 5.92 Å². The Labute approximate surface area is 114 Å². The molecule has 1 saturated heterocycles. The lowest BCUT2D eigenvalue weighted by molar-refractivity contribution is -0.161. The van der Waals surface area contributed by atoms with Gasteiger partial charge in [0.2, 0.25) is 5.91 Å². The second-order valence-electron chi connectivity index (χ2n) is 5.33. The summed E-state index contributed by atoms with van der Waals surface area (Å²) < 4.78 is 4.82. The van der Waals surface area contributed by atoms with E-state index >= 15 is 0 Å². The molecule has 5 heteroatoms. The van der Waals surface area contributed by atoms with Crippen LogP contribution in [0.2, 0.25) is 0 Å². The number of hydrogen-bond acceptors (Lipinski definition) is 4. The van der Waals surface area contributed by atoms with E-state index in [4.69, 9.17) is 4.74 Å². The molecular weight excluding hydrogens is 246 g/mol. The maximum atomic E-state index is 11.9. The van der Waals surface area contributed by atoms with Crippen LogP contribution in [-0.2, 0) is 14.3 Å². The molecule has 1 aliphatic heterocycles. The van der Waals surface area contributed by atoms with Crippen molar-refractivity contribution in [1.82, 2.24) is 4.90 Å². The van der Waals surface area contributed by atoms with E-state index in [9.17, 15) is 14.7 Å². The lowest BCUT2D eigenvalue weighted by Crippen LogP contribution is -2.52. The Morgan fingerprint density at radius 3 is 2.37 bits per heavy atom. The molecule has 0 spiro atoms. The molecule has 1 rings (SSSR count). The average Bonchev–Trinajstić information content (AvgIpc) is 2.39. The number of esters is 1. The van der Waals surface area contributed by atoms with Crippen LogP contribution in [0.4, 0.5) is 0 Å². The van der Waals surface area contributed by atoms with Crippen molar-refractivity contribution >= 4 is 11.9 Å². The van der Waals surface area contributed by atoms with E-state index in [1.54, 1.807) is 4.90 Å². The van der Waals surface area contributed by atoms with Crippen LogP contribution in [0.3, 0.4) is 0 Å². The molecule has 0 saturated carbocycles. The molecule has 19 heavy (non-hydrogen) atoms. The van der Waals surface area contributed by atoms with E-state index in [0.29, 0.717) is 32.4 Å². The fourth-order valence-electron chi connectivity index (χ4n) is 2.71. The third kappa shape index (κ3) is 3.93. The van der Waals surface area contributed by atoms with E-state index in [0.717, 1.165) is 12.8 Å². The van der Waals surface area contributed by atoms with Crippen molar-refractivity contribution in [2.45, 2.75) is 51.6 Å². The second kappa shape index (κ2) is 6.89. The Morgan fingerprint density at radius 1 is 1.37 bits per heavy atom. The van der Waals surface area contributed by atoms with Crippen molar-refractivity contribution in [3.63, 3.8) is 0 Å². The fourth-order valence-corrected chi connectivity index (χ4v) is 2.71. The van der Waals surface area contributed by atoms with E-state index in [-0.39, 0.29) is 11.9 Å². The molecule has 1 atom stereocenters. The predicted octanol–water partition coefficient (Wildman–Crippen LogP) is 1.34. The van der Waals surface area contributed by atoms with Crippen molar-refractivity contribution < 1.29 is 19.4 Å². The van der Waals surface area contributed by atoms with Crippen LogP contribution in [0.25, 0.3) is 0 Å². The van der Waals surface area contributed by atoms with Crippen molar-refractivity contribution in [3.8, 4) is 0 Å². The fraction of sp³-hybridized carbons (Fsp3) is 0.857. The minimum absolute atomic E-state index is 0.0187. The third-order valence-electron chi connectivity index (χ3n) is 4.06. The number of methoxy groups -OCH3 is 1. The zero-order valence-corrected chi connectivity index (χ0v) is 12.1. The summed E-state index contributed by atoms with van der Waals surface area (Å²) in [4.78, 5) is 24.9. The number of hydrogen-bond donors (Lipinski definition) is 1. The van der Waals surface area contributed by atoms with E-state index in [2.05, 4.69) is 6.92 Å². The highest BCUT2D eigenvalue weighted by atomic mass is 16.5. The van der Waals surface area contributed by atoms with Gasteiger partial charge in [-0.1, -0.05) is 19.8 Å². The molecule has 0 radical (unpaired) electrons. The second-order valence-corrected chi connectivity index (χ2v) is 5.33. The van der Waals surface area contributed by atoms with Gasteiger partial charge in [0.05, 0.1) is 18.6 Å². The molecule has 1 aliphatic rings. The lowest BCUT2D eigenvalue weighted by atomic mass is 9.77. The summed E-state index contributed by atoms with van der Waals surface area (Å²) in [5.41, 5.74) is -1.03. The molecule has 5 nitrogen and oxygen atoms in total. The average molecular weight is 271 g/mol. The Bertz CT molecular complexity index is 321. The van der Waals surface area contributed by atoms with E-state index < -0.39 is 11.5 Å². The number of carbonyl (C=O) groups is 2. The highest BCUT2D eigenvalue weighted by Gasteiger charge is 2.44. The number of piperidine rings is 1. The molecular formula is C14H25NO4. The summed E-state index contributed by atoms with van der Waals surface area (Å²) in [6.07, 6.45) is 3.38. The lowest BCUT2D eigenvalue weighted by Gasteiger charge is -2.41. The van der Waals surface area contributed by atoms with Crippen LogP contribution >= 0.6 is 0 Å². The minimum Gasteiger partial charge on any atom is -0.469 e. The van der Waals surface area contributed by atoms with E-state index in [1.807, 2.05) is 0 Å². The molecule has 1 N–H and O–H groups in total. The number of nitrogens with zero attached hydrogens (tertiary/aromatic N) is 1. The summed E-state index contributed by atoms with van der Waals surface area (Å²) >= 11 is 0. The summed E-state index contributed by atoms with van der Waals surface area (Å²) in [6.45, 7) is 4.59. The molecule has 0 aromatic carbocycles. The van der Waals surface area contributed by atoms with Gasteiger partial charge in [0.1, 0.15) is 0 Å². The first-order valence-corrected chi connectivity index (χ1v) is 7.00. The number of unbranched alkanes of at least 4 members (excludes halogenated alkanes) is 1. The topological polar surface area (TPSA) is 66.8 Å². The number of rotatable bonds is 5. The zero-order valence-electron chi connectivity index (χ0n) is 12.1. The highest BCUT2D eigenvalue weighted by Crippen LogP contribution is 2.34. The summed E-state index contributed by atoms with van der Waals surface area (Å²) in [6, 6.07) is 0. The normalized spacial score (nSPS) is 19.9. The van der Waals surface area contributed by atoms with Crippen LogP contribution in [0.15, 0.2) is 0 Å². The minimum atomic E-state index is -1.03. The Kier molecular flexibility index (Phi) is 5.79. The standard InChI is InChI=1S/C14H25NO4/c1-4-5-6-12(13(17)19-3)14(18)7-9-15(10-8-14)11(2)16/h12,18H,4-10H2,1-3H3. The van der Waals surface area contributed by atoms with Gasteiger partial charge < -0.3 is 14.7 Å². The van der Waals surface area contributed by atoms with Gasteiger partial charge in [-0.05, 0) is 19.3 Å². The zero-order chi connectivity index (χ0) is 14.5. The molecule has 1 heterocycles. The Balaban J connectivity index is 2.72. The predicted molar refractivity (Wildman–Crippen MR) is 71.5 cm³/mol. The summed E-state index contributed by atoms with van der Waals surface area (Å²) in [5.74, 6) is -0.802. The van der Waals surface area contributed by atoms with Gasteiger partial charge in [0.15, 0.2) is 0 Å². The number of aliphatic hydroxyl groups is 1. The van der Waals surface area contributed by atoms with Crippen LogP contribution in [0.1, 0.15) is 46.0 Å². The van der Waals surface area contributed by atoms with Gasteiger partial charge in [0.25, 0.3) is 0 Å². The molecule has 1 unspecified atom stereocenters. The monoisotopic (exact) mass is 271 g/mol. The van der Waals surface area contributed by atoms with Gasteiger partial charge in [-0.2, -0.15) is 0 Å². The smallest absolute Gasteiger partial charge is 0.311 e. The van der Waals surface area contributed by atoms with Crippen LogP contribution in [0.5, 0.6) is 0 Å². The number of amides is 1. The largest absolute Gasteiger partial charge is 0.469 e.